The Labute approximate surface area is 131 Å². The highest BCUT2D eigenvalue weighted by Crippen LogP contribution is 2.13. The van der Waals surface area contributed by atoms with E-state index in [9.17, 15) is 5.26 Å². The minimum Gasteiger partial charge on any atom is -0.337 e. The van der Waals surface area contributed by atoms with E-state index in [1.165, 1.54) is 0 Å². The Morgan fingerprint density at radius 3 is 2.41 bits per heavy atom. The molecule has 5 heteroatoms. The summed E-state index contributed by atoms with van der Waals surface area (Å²) in [6.45, 7) is 5.92. The summed E-state index contributed by atoms with van der Waals surface area (Å²) in [4.78, 5) is 9.25. The number of rotatable bonds is 4. The van der Waals surface area contributed by atoms with Crippen molar-refractivity contribution in [2.75, 3.05) is 26.2 Å². The van der Waals surface area contributed by atoms with Gasteiger partial charge in [0, 0.05) is 52.2 Å². The fourth-order valence-electron chi connectivity index (χ4n) is 2.86. The molecule has 2 heterocycles. The van der Waals surface area contributed by atoms with Gasteiger partial charge in [0.2, 0.25) is 0 Å². The van der Waals surface area contributed by atoms with Gasteiger partial charge >= 0.3 is 0 Å². The van der Waals surface area contributed by atoms with Gasteiger partial charge in [-0.1, -0.05) is 18.2 Å². The third-order valence-corrected chi connectivity index (χ3v) is 4.28. The van der Waals surface area contributed by atoms with Crippen LogP contribution in [-0.2, 0) is 20.1 Å². The lowest BCUT2D eigenvalue weighted by molar-refractivity contribution is 0.119. The third kappa shape index (κ3) is 3.35. The van der Waals surface area contributed by atoms with Crippen molar-refractivity contribution in [1.29, 1.82) is 5.26 Å². The van der Waals surface area contributed by atoms with Gasteiger partial charge in [-0.05, 0) is 11.6 Å². The molecular weight excluding hydrogens is 274 g/mol. The Morgan fingerprint density at radius 1 is 1.09 bits per heavy atom. The zero-order chi connectivity index (χ0) is 15.4. The van der Waals surface area contributed by atoms with E-state index in [4.69, 9.17) is 0 Å². The predicted octanol–water partition coefficient (Wildman–Crippen LogP) is 1.61. The first-order valence-corrected chi connectivity index (χ1v) is 7.65. The molecule has 0 amide bonds. The molecule has 0 N–H and O–H groups in total. The van der Waals surface area contributed by atoms with Gasteiger partial charge in [-0.2, -0.15) is 5.26 Å². The summed E-state index contributed by atoms with van der Waals surface area (Å²) in [5.74, 6) is 1.11. The fraction of sp³-hybridized carbons (Fsp3) is 0.412. The van der Waals surface area contributed by atoms with E-state index < -0.39 is 0 Å². The molecule has 0 unspecified atom stereocenters. The summed E-state index contributed by atoms with van der Waals surface area (Å²) in [7, 11) is 2.04. The smallest absolute Gasteiger partial charge is 0.122 e. The van der Waals surface area contributed by atoms with E-state index >= 15 is 0 Å². The molecule has 22 heavy (non-hydrogen) atoms. The van der Waals surface area contributed by atoms with Crippen LogP contribution in [0.15, 0.2) is 36.7 Å². The fourth-order valence-corrected chi connectivity index (χ4v) is 2.86. The maximum atomic E-state index is 9.17. The van der Waals surface area contributed by atoms with Crippen LogP contribution in [-0.4, -0.2) is 45.5 Å². The number of imidazole rings is 1. The summed E-state index contributed by atoms with van der Waals surface area (Å²) in [5.41, 5.74) is 1.92. The highest BCUT2D eigenvalue weighted by molar-refractivity contribution is 5.37. The number of nitriles is 1. The minimum atomic E-state index is 0.790. The van der Waals surface area contributed by atoms with Crippen molar-refractivity contribution >= 4 is 0 Å². The molecule has 0 spiro atoms. The van der Waals surface area contributed by atoms with Gasteiger partial charge in [0.1, 0.15) is 5.82 Å². The third-order valence-electron chi connectivity index (χ3n) is 4.28. The molecule has 1 aliphatic rings. The highest BCUT2D eigenvalue weighted by atomic mass is 15.3. The number of hydrogen-bond donors (Lipinski definition) is 0. The molecule has 0 radical (unpaired) electrons. The molecule has 114 valence electrons. The zero-order valence-electron chi connectivity index (χ0n) is 12.9. The molecule has 1 saturated heterocycles. The Bertz CT molecular complexity index is 662. The van der Waals surface area contributed by atoms with Crippen LogP contribution in [0.1, 0.15) is 17.0 Å². The summed E-state index contributed by atoms with van der Waals surface area (Å²) in [6, 6.07) is 10.2. The van der Waals surface area contributed by atoms with E-state index in [0.29, 0.717) is 0 Å². The number of benzene rings is 1. The molecule has 0 aliphatic carbocycles. The molecule has 0 saturated carbocycles. The van der Waals surface area contributed by atoms with Gasteiger partial charge in [0.05, 0.1) is 18.2 Å². The minimum absolute atomic E-state index is 0.790. The van der Waals surface area contributed by atoms with Crippen LogP contribution >= 0.6 is 0 Å². The van der Waals surface area contributed by atoms with E-state index in [-0.39, 0.29) is 0 Å². The van der Waals surface area contributed by atoms with E-state index in [1.807, 2.05) is 37.6 Å². The molecule has 1 aromatic heterocycles. The quantitative estimate of drug-likeness (QED) is 0.860. The second-order valence-corrected chi connectivity index (χ2v) is 5.78. The topological polar surface area (TPSA) is 48.1 Å². The predicted molar refractivity (Wildman–Crippen MR) is 84.9 cm³/mol. The molecule has 0 atom stereocenters. The average molecular weight is 295 g/mol. The van der Waals surface area contributed by atoms with Crippen molar-refractivity contribution in [3.8, 4) is 6.07 Å². The van der Waals surface area contributed by atoms with Gasteiger partial charge in [-0.3, -0.25) is 9.80 Å². The largest absolute Gasteiger partial charge is 0.337 e. The molecular formula is C17H21N5. The van der Waals surface area contributed by atoms with Crippen LogP contribution in [0.2, 0.25) is 0 Å². The molecule has 1 aromatic carbocycles. The second kappa shape index (κ2) is 6.73. The Hall–Kier alpha value is -2.16. The molecule has 3 rings (SSSR count). The first-order chi connectivity index (χ1) is 10.8. The highest BCUT2D eigenvalue weighted by Gasteiger charge is 2.18. The Morgan fingerprint density at radius 2 is 1.77 bits per heavy atom. The number of nitrogens with zero attached hydrogens (tertiary/aromatic N) is 5. The first-order valence-electron chi connectivity index (χ1n) is 7.65. The SMILES string of the molecule is Cn1ccnc1CN1CCN(Cc2ccccc2C#N)CC1. The van der Waals surface area contributed by atoms with Crippen LogP contribution in [0, 0.1) is 11.3 Å². The molecule has 1 fully saturated rings. The van der Waals surface area contributed by atoms with E-state index in [2.05, 4.69) is 31.5 Å². The van der Waals surface area contributed by atoms with Gasteiger partial charge < -0.3 is 4.57 Å². The average Bonchev–Trinajstić information content (AvgIpc) is 2.95. The summed E-state index contributed by atoms with van der Waals surface area (Å²) in [5, 5.41) is 9.17. The van der Waals surface area contributed by atoms with Crippen LogP contribution in [0.5, 0.6) is 0 Å². The van der Waals surface area contributed by atoms with Crippen LogP contribution in [0.4, 0.5) is 0 Å². The molecule has 5 nitrogen and oxygen atoms in total. The van der Waals surface area contributed by atoms with Crippen LogP contribution in [0.25, 0.3) is 0 Å². The van der Waals surface area contributed by atoms with Crippen molar-refractivity contribution in [3.63, 3.8) is 0 Å². The Kier molecular flexibility index (Phi) is 4.52. The van der Waals surface area contributed by atoms with Crippen molar-refractivity contribution in [1.82, 2.24) is 19.4 Å². The van der Waals surface area contributed by atoms with Gasteiger partial charge in [0.25, 0.3) is 0 Å². The number of aryl methyl sites for hydroxylation is 1. The second-order valence-electron chi connectivity index (χ2n) is 5.78. The Balaban J connectivity index is 1.54. The van der Waals surface area contributed by atoms with Crippen molar-refractivity contribution in [2.45, 2.75) is 13.1 Å². The number of aromatic nitrogens is 2. The molecule has 0 bridgehead atoms. The first kappa shape index (κ1) is 14.8. The van der Waals surface area contributed by atoms with Gasteiger partial charge in [-0.15, -0.1) is 0 Å². The summed E-state index contributed by atoms with van der Waals surface area (Å²) in [6.07, 6.45) is 3.84. The lowest BCUT2D eigenvalue weighted by Gasteiger charge is -2.34. The van der Waals surface area contributed by atoms with Crippen molar-refractivity contribution in [3.05, 3.63) is 53.6 Å². The maximum absolute atomic E-state index is 9.17. The molecule has 1 aliphatic heterocycles. The van der Waals surface area contributed by atoms with Crippen LogP contribution in [0.3, 0.4) is 0 Å². The van der Waals surface area contributed by atoms with Gasteiger partial charge in [0.15, 0.2) is 0 Å². The summed E-state index contributed by atoms with van der Waals surface area (Å²) < 4.78 is 2.08. The lowest BCUT2D eigenvalue weighted by Crippen LogP contribution is -2.45. The maximum Gasteiger partial charge on any atom is 0.122 e. The monoisotopic (exact) mass is 295 g/mol. The summed E-state index contributed by atoms with van der Waals surface area (Å²) >= 11 is 0. The van der Waals surface area contributed by atoms with Gasteiger partial charge in [-0.25, -0.2) is 4.98 Å². The van der Waals surface area contributed by atoms with E-state index in [1.54, 1.807) is 0 Å². The van der Waals surface area contributed by atoms with Crippen molar-refractivity contribution < 1.29 is 0 Å². The zero-order valence-corrected chi connectivity index (χ0v) is 12.9. The standard InChI is InChI=1S/C17H21N5/c1-20-7-6-19-17(20)14-22-10-8-21(9-11-22)13-16-5-3-2-4-15(16)12-18/h2-7H,8-11,13-14H2,1H3. The van der Waals surface area contributed by atoms with Crippen LogP contribution < -0.4 is 0 Å². The normalized spacial score (nSPS) is 16.5. The molecule has 2 aromatic rings. The number of hydrogen-bond acceptors (Lipinski definition) is 4. The van der Waals surface area contributed by atoms with Crippen molar-refractivity contribution in [2.24, 2.45) is 7.05 Å². The number of piperazine rings is 1. The van der Waals surface area contributed by atoms with E-state index in [0.717, 1.165) is 56.2 Å². The lowest BCUT2D eigenvalue weighted by atomic mass is 10.1.